The third-order valence-electron chi connectivity index (χ3n) is 6.32. The Bertz CT molecular complexity index is 1300. The van der Waals surface area contributed by atoms with Crippen molar-refractivity contribution in [2.24, 2.45) is 15.9 Å². The fourth-order valence-electron chi connectivity index (χ4n) is 4.28. The van der Waals surface area contributed by atoms with Crippen LogP contribution in [0.25, 0.3) is 10.9 Å². The Hall–Kier alpha value is -3.73. The first-order chi connectivity index (χ1) is 17.5. The van der Waals surface area contributed by atoms with Crippen molar-refractivity contribution in [1.29, 1.82) is 0 Å². The van der Waals surface area contributed by atoms with E-state index in [-0.39, 0.29) is 23.4 Å². The highest BCUT2D eigenvalue weighted by atomic mass is 19.1. The number of hydrogen-bond acceptors (Lipinski definition) is 6. The highest BCUT2D eigenvalue weighted by Crippen LogP contribution is 2.32. The van der Waals surface area contributed by atoms with Crippen LogP contribution in [0.5, 0.6) is 5.75 Å². The van der Waals surface area contributed by atoms with E-state index < -0.39 is 11.6 Å². The number of amidine groups is 1. The van der Waals surface area contributed by atoms with Crippen molar-refractivity contribution in [2.45, 2.75) is 26.2 Å². The van der Waals surface area contributed by atoms with Crippen LogP contribution < -0.4 is 15.4 Å². The first-order valence-corrected chi connectivity index (χ1v) is 12.1. The van der Waals surface area contributed by atoms with Gasteiger partial charge in [0.25, 0.3) is 0 Å². The Morgan fingerprint density at radius 1 is 1.28 bits per heavy atom. The number of aryl methyl sites for hydroxylation is 1. The van der Waals surface area contributed by atoms with Gasteiger partial charge in [0.05, 0.1) is 5.52 Å². The molecule has 0 bridgehead atoms. The number of rotatable bonds is 9. The molecule has 1 saturated carbocycles. The van der Waals surface area contributed by atoms with Crippen LogP contribution in [0, 0.1) is 24.5 Å². The number of H-pyrrole nitrogens is 2. The Kier molecular flexibility index (Phi) is 6.99. The van der Waals surface area contributed by atoms with Gasteiger partial charge in [-0.1, -0.05) is 0 Å². The maximum atomic E-state index is 14.9. The van der Waals surface area contributed by atoms with Gasteiger partial charge in [-0.15, -0.1) is 0 Å². The molecule has 0 atom stereocenters. The molecule has 9 nitrogen and oxygen atoms in total. The Labute approximate surface area is 207 Å². The maximum absolute atomic E-state index is 14.9. The predicted octanol–water partition coefficient (Wildman–Crippen LogP) is 3.72. The summed E-state index contributed by atoms with van der Waals surface area (Å²) in [4.78, 5) is 13.5. The molecule has 3 heterocycles. The van der Waals surface area contributed by atoms with E-state index in [9.17, 15) is 8.78 Å². The molecule has 1 aliphatic carbocycles. The minimum Gasteiger partial charge on any atom is -0.468 e. The van der Waals surface area contributed by atoms with E-state index in [1.165, 1.54) is 12.8 Å². The quantitative estimate of drug-likeness (QED) is 0.267. The lowest BCUT2D eigenvalue weighted by atomic mass is 10.2. The summed E-state index contributed by atoms with van der Waals surface area (Å²) in [6.07, 6.45) is 5.28. The number of fused-ring (bicyclic) bond motifs is 1. The van der Waals surface area contributed by atoms with Crippen LogP contribution in [-0.4, -0.2) is 65.5 Å². The molecule has 0 radical (unpaired) electrons. The van der Waals surface area contributed by atoms with E-state index in [1.54, 1.807) is 19.1 Å². The molecule has 1 saturated heterocycles. The fraction of sp³-hybridized carbons (Fsp3) is 0.400. The van der Waals surface area contributed by atoms with Gasteiger partial charge in [-0.3, -0.25) is 5.10 Å². The smallest absolute Gasteiger partial charge is 0.181 e. The molecular weight excluding hydrogens is 466 g/mol. The van der Waals surface area contributed by atoms with Crippen molar-refractivity contribution in [2.75, 3.05) is 38.2 Å². The molecule has 190 valence electrons. The summed E-state index contributed by atoms with van der Waals surface area (Å²) in [6, 6.07) is 4.56. The highest BCUT2D eigenvalue weighted by molar-refractivity contribution is 5.94. The molecule has 5 rings (SSSR count). The average molecular weight is 497 g/mol. The number of anilines is 1. The molecule has 1 aliphatic heterocycles. The number of aromatic amines is 2. The minimum absolute atomic E-state index is 0.122. The Morgan fingerprint density at radius 3 is 2.83 bits per heavy atom. The molecule has 2 aromatic heterocycles. The molecule has 0 spiro atoms. The molecule has 1 aromatic carbocycles. The van der Waals surface area contributed by atoms with Gasteiger partial charge in [-0.05, 0) is 44.9 Å². The third-order valence-corrected chi connectivity index (χ3v) is 6.32. The summed E-state index contributed by atoms with van der Waals surface area (Å²) in [5.41, 5.74) is 1.87. The van der Waals surface area contributed by atoms with E-state index >= 15 is 0 Å². The summed E-state index contributed by atoms with van der Waals surface area (Å²) < 4.78 is 34.9. The molecule has 4 N–H and O–H groups in total. The number of nitrogens with zero attached hydrogens (tertiary/aromatic N) is 4. The first-order valence-electron chi connectivity index (χ1n) is 12.1. The number of aliphatic imine (C=N–C) groups is 2. The van der Waals surface area contributed by atoms with E-state index in [1.807, 2.05) is 6.07 Å². The van der Waals surface area contributed by atoms with Gasteiger partial charge < -0.3 is 25.3 Å². The summed E-state index contributed by atoms with van der Waals surface area (Å²) in [6.45, 7) is 8.27. The molecule has 11 heteroatoms. The second-order valence-electron chi connectivity index (χ2n) is 9.18. The zero-order valence-corrected chi connectivity index (χ0v) is 20.2. The van der Waals surface area contributed by atoms with Crippen LogP contribution in [0.3, 0.4) is 0 Å². The lowest BCUT2D eigenvalue weighted by Crippen LogP contribution is -2.46. The fourth-order valence-corrected chi connectivity index (χ4v) is 4.28. The lowest BCUT2D eigenvalue weighted by molar-refractivity contribution is 0.305. The lowest BCUT2D eigenvalue weighted by Gasteiger charge is -2.29. The first kappa shape index (κ1) is 24.0. The van der Waals surface area contributed by atoms with E-state index in [0.29, 0.717) is 23.2 Å². The number of halogens is 2. The normalized spacial score (nSPS) is 17.0. The molecule has 2 aliphatic rings. The van der Waals surface area contributed by atoms with E-state index in [0.717, 1.165) is 50.3 Å². The molecule has 0 amide bonds. The second kappa shape index (κ2) is 10.5. The Morgan fingerprint density at radius 2 is 2.08 bits per heavy atom. The predicted molar refractivity (Wildman–Crippen MR) is 137 cm³/mol. The second-order valence-corrected chi connectivity index (χ2v) is 9.18. The van der Waals surface area contributed by atoms with Crippen molar-refractivity contribution < 1.29 is 13.5 Å². The number of benzene rings is 1. The summed E-state index contributed by atoms with van der Waals surface area (Å²) >= 11 is 0. The SMILES string of the molecule is C=N/C(=C\C(=N/COc1cc(F)c2[nH]c(C)cc2c1F)N1CCNCC1)Nc1cc(CC2CC2)[nH]n1. The highest BCUT2D eigenvalue weighted by Gasteiger charge is 2.22. The summed E-state index contributed by atoms with van der Waals surface area (Å²) in [5, 5.41) is 14.0. The van der Waals surface area contributed by atoms with Gasteiger partial charge in [-0.2, -0.15) is 5.10 Å². The van der Waals surface area contributed by atoms with Gasteiger partial charge in [0.15, 0.2) is 29.9 Å². The standard InChI is InChI=1S/C25H30F2N8O/c1-15-9-18-24(27)20(12-19(26)25(18)31-15)36-14-30-23(35-7-5-29-6-8-35)13-21(28-2)32-22-11-17(33-34-22)10-16-3-4-16/h9,11-13,16,29,31H,2-8,10,14H2,1H3,(H2,32,33,34)/b21-13+,30-23+. The van der Waals surface area contributed by atoms with Crippen LogP contribution in [0.15, 0.2) is 40.1 Å². The summed E-state index contributed by atoms with van der Waals surface area (Å²) in [5.74, 6) is 1.07. The zero-order chi connectivity index (χ0) is 25.1. The van der Waals surface area contributed by atoms with Gasteiger partial charge in [0.1, 0.15) is 11.7 Å². The van der Waals surface area contributed by atoms with Gasteiger partial charge >= 0.3 is 0 Å². The number of piperazine rings is 1. The average Bonchev–Trinajstić information content (AvgIpc) is 3.43. The van der Waals surface area contributed by atoms with Crippen molar-refractivity contribution in [3.8, 4) is 5.75 Å². The van der Waals surface area contributed by atoms with E-state index in [2.05, 4.69) is 47.4 Å². The van der Waals surface area contributed by atoms with Crippen LogP contribution >= 0.6 is 0 Å². The van der Waals surface area contributed by atoms with Gasteiger partial charge in [0.2, 0.25) is 0 Å². The monoisotopic (exact) mass is 496 g/mol. The topological polar surface area (TPSA) is 106 Å². The van der Waals surface area contributed by atoms with Crippen LogP contribution in [0.4, 0.5) is 14.6 Å². The van der Waals surface area contributed by atoms with Crippen LogP contribution in [0.2, 0.25) is 0 Å². The Balaban J connectivity index is 1.34. The van der Waals surface area contributed by atoms with E-state index in [4.69, 9.17) is 4.74 Å². The van der Waals surface area contributed by atoms with Crippen LogP contribution in [0.1, 0.15) is 24.2 Å². The molecular formula is C25H30F2N8O. The number of hydrogen-bond donors (Lipinski definition) is 4. The van der Waals surface area contributed by atoms with Gasteiger partial charge in [-0.25, -0.2) is 18.8 Å². The minimum atomic E-state index is -0.624. The molecule has 36 heavy (non-hydrogen) atoms. The zero-order valence-electron chi connectivity index (χ0n) is 20.2. The largest absolute Gasteiger partial charge is 0.468 e. The van der Waals surface area contributed by atoms with Crippen molar-refractivity contribution >= 4 is 29.3 Å². The molecule has 3 aromatic rings. The van der Waals surface area contributed by atoms with Crippen molar-refractivity contribution in [1.82, 2.24) is 25.4 Å². The molecule has 0 unspecified atom stereocenters. The number of nitrogens with one attached hydrogen (secondary N) is 4. The molecule has 2 fully saturated rings. The maximum Gasteiger partial charge on any atom is 0.181 e. The van der Waals surface area contributed by atoms with Crippen molar-refractivity contribution in [3.05, 3.63) is 53.1 Å². The van der Waals surface area contributed by atoms with Crippen LogP contribution in [-0.2, 0) is 6.42 Å². The number of ether oxygens (including phenoxy) is 1. The summed E-state index contributed by atoms with van der Waals surface area (Å²) in [7, 11) is 0. The number of aromatic nitrogens is 3. The third kappa shape index (κ3) is 5.56. The van der Waals surface area contributed by atoms with Crippen molar-refractivity contribution in [3.63, 3.8) is 0 Å². The van der Waals surface area contributed by atoms with Gasteiger partial charge in [0, 0.05) is 61.2 Å².